The molecule has 2 aromatic rings. The molecule has 3 N–H and O–H groups in total. The lowest BCUT2D eigenvalue weighted by atomic mass is 9.89. The molecule has 4 rings (SSSR count). The summed E-state index contributed by atoms with van der Waals surface area (Å²) in [5.41, 5.74) is 2.57. The molecule has 0 amide bonds. The minimum absolute atomic E-state index is 0.139. The second kappa shape index (κ2) is 10.7. The number of fused-ring (bicyclic) bond motifs is 4. The summed E-state index contributed by atoms with van der Waals surface area (Å²) in [4.78, 5) is 1.19. The second-order valence-electron chi connectivity index (χ2n) is 8.20. The quantitative estimate of drug-likeness (QED) is 0.580. The van der Waals surface area contributed by atoms with Crippen LogP contribution in [0.25, 0.3) is 0 Å². The van der Waals surface area contributed by atoms with Crippen molar-refractivity contribution in [2.45, 2.75) is 54.7 Å². The Morgan fingerprint density at radius 1 is 1.00 bits per heavy atom. The molecule has 32 heavy (non-hydrogen) atoms. The first-order valence-corrected chi connectivity index (χ1v) is 12.4. The van der Waals surface area contributed by atoms with Gasteiger partial charge in [0.15, 0.2) is 0 Å². The number of rotatable bonds is 3. The van der Waals surface area contributed by atoms with Gasteiger partial charge in [0.1, 0.15) is 36.3 Å². The number of aliphatic hydroxyl groups is 3. The smallest absolute Gasteiger partial charge is 0.126 e. The van der Waals surface area contributed by atoms with E-state index in [1.54, 1.807) is 17.8 Å². The lowest BCUT2D eigenvalue weighted by molar-refractivity contribution is -0.235. The topological polar surface area (TPSA) is 88.4 Å². The minimum Gasteiger partial charge on any atom is -0.493 e. The maximum atomic E-state index is 10.8. The normalized spacial score (nSPS) is 28.7. The Labute approximate surface area is 197 Å². The van der Waals surface area contributed by atoms with Crippen LogP contribution >= 0.6 is 23.4 Å². The van der Waals surface area contributed by atoms with Crippen molar-refractivity contribution in [1.29, 1.82) is 0 Å². The predicted molar refractivity (Wildman–Crippen MR) is 124 cm³/mol. The molecule has 2 heterocycles. The molecule has 0 saturated carbocycles. The molecular weight excluding hydrogens is 452 g/mol. The van der Waals surface area contributed by atoms with Gasteiger partial charge in [-0.25, -0.2) is 0 Å². The minimum atomic E-state index is -1.36. The molecule has 0 spiro atoms. The molecule has 1 saturated heterocycles. The van der Waals surface area contributed by atoms with Gasteiger partial charge in [-0.2, -0.15) is 0 Å². The van der Waals surface area contributed by atoms with Gasteiger partial charge >= 0.3 is 0 Å². The van der Waals surface area contributed by atoms with E-state index < -0.39 is 30.5 Å². The summed E-state index contributed by atoms with van der Waals surface area (Å²) in [6.07, 6.45) is -1.34. The van der Waals surface area contributed by atoms with Crippen LogP contribution < -0.4 is 4.74 Å². The zero-order chi connectivity index (χ0) is 22.7. The van der Waals surface area contributed by atoms with E-state index in [9.17, 15) is 15.3 Å². The van der Waals surface area contributed by atoms with Crippen molar-refractivity contribution in [3.63, 3.8) is 0 Å². The number of aliphatic hydroxyl groups excluding tert-OH is 3. The average Bonchev–Trinajstić information content (AvgIpc) is 2.79. The highest BCUT2D eigenvalue weighted by atomic mass is 35.5. The third-order valence-electron chi connectivity index (χ3n) is 5.97. The molecule has 0 unspecified atom stereocenters. The summed E-state index contributed by atoms with van der Waals surface area (Å²) in [6, 6.07) is 11.9. The van der Waals surface area contributed by atoms with Crippen LogP contribution in [0.4, 0.5) is 0 Å². The van der Waals surface area contributed by atoms with Gasteiger partial charge in [-0.05, 0) is 60.9 Å². The number of benzene rings is 2. The molecule has 2 aliphatic rings. The van der Waals surface area contributed by atoms with E-state index >= 15 is 0 Å². The molecule has 1 fully saturated rings. The van der Waals surface area contributed by atoms with Crippen LogP contribution in [-0.4, -0.2) is 65.8 Å². The highest BCUT2D eigenvalue weighted by molar-refractivity contribution is 7.98. The van der Waals surface area contributed by atoms with Crippen LogP contribution in [0.15, 0.2) is 41.3 Å². The van der Waals surface area contributed by atoms with Crippen LogP contribution in [0.1, 0.15) is 35.6 Å². The molecule has 0 radical (unpaired) electrons. The molecule has 0 aromatic heterocycles. The van der Waals surface area contributed by atoms with Crippen molar-refractivity contribution in [1.82, 2.24) is 0 Å². The first-order chi connectivity index (χ1) is 15.5. The second-order valence-corrected chi connectivity index (χ2v) is 9.49. The molecule has 8 heteroatoms. The van der Waals surface area contributed by atoms with Crippen molar-refractivity contribution in [2.75, 3.05) is 26.1 Å². The third kappa shape index (κ3) is 5.25. The standard InChI is InChI=1S/C24H29ClO6S/c1-32-16-6-4-14(5-7-16)10-15-11-17-19(12-18(15)25)30-9-3-2-8-29-13-20-21(26)22(27)23(28)24(17)31-20/h4-7,11-12,20-24,26-28H,2-3,8-10,13H2,1H3/t20-,21-,22+,23-,24+/m1/s1. The van der Waals surface area contributed by atoms with E-state index in [-0.39, 0.29) is 6.61 Å². The van der Waals surface area contributed by atoms with E-state index in [1.807, 2.05) is 12.3 Å². The third-order valence-corrected chi connectivity index (χ3v) is 7.07. The Kier molecular flexibility index (Phi) is 8.00. The number of halogens is 1. The zero-order valence-electron chi connectivity index (χ0n) is 17.9. The van der Waals surface area contributed by atoms with Crippen molar-refractivity contribution in [3.8, 4) is 5.75 Å². The van der Waals surface area contributed by atoms with E-state index in [2.05, 4.69) is 24.3 Å². The van der Waals surface area contributed by atoms with Gasteiger partial charge in [0.25, 0.3) is 0 Å². The fraction of sp³-hybridized carbons (Fsp3) is 0.500. The van der Waals surface area contributed by atoms with Gasteiger partial charge in [0.2, 0.25) is 0 Å². The number of ether oxygens (including phenoxy) is 3. The lowest BCUT2D eigenvalue weighted by Crippen LogP contribution is -2.55. The largest absolute Gasteiger partial charge is 0.493 e. The van der Waals surface area contributed by atoms with E-state index in [1.165, 1.54) is 4.90 Å². The molecule has 2 bridgehead atoms. The van der Waals surface area contributed by atoms with Gasteiger partial charge in [-0.15, -0.1) is 11.8 Å². The predicted octanol–water partition coefficient (Wildman–Crippen LogP) is 3.36. The van der Waals surface area contributed by atoms with Crippen LogP contribution in [0.5, 0.6) is 5.75 Å². The van der Waals surface area contributed by atoms with E-state index in [4.69, 9.17) is 25.8 Å². The molecule has 6 nitrogen and oxygen atoms in total. The lowest BCUT2D eigenvalue weighted by Gasteiger charge is -2.41. The van der Waals surface area contributed by atoms with Crippen molar-refractivity contribution in [3.05, 3.63) is 58.1 Å². The molecule has 2 aromatic carbocycles. The van der Waals surface area contributed by atoms with Crippen molar-refractivity contribution < 1.29 is 29.5 Å². The highest BCUT2D eigenvalue weighted by Crippen LogP contribution is 2.40. The summed E-state index contributed by atoms with van der Waals surface area (Å²) in [6.45, 7) is 1.11. The maximum absolute atomic E-state index is 10.8. The first-order valence-electron chi connectivity index (χ1n) is 10.8. The van der Waals surface area contributed by atoms with Gasteiger partial charge in [-0.3, -0.25) is 0 Å². The van der Waals surface area contributed by atoms with Crippen LogP contribution in [0.3, 0.4) is 0 Å². The van der Waals surface area contributed by atoms with Crippen LogP contribution in [0, 0.1) is 0 Å². The number of hydrogen-bond acceptors (Lipinski definition) is 7. The Morgan fingerprint density at radius 3 is 2.50 bits per heavy atom. The van der Waals surface area contributed by atoms with Crippen LogP contribution in [-0.2, 0) is 15.9 Å². The fourth-order valence-electron chi connectivity index (χ4n) is 4.10. The summed E-state index contributed by atoms with van der Waals surface area (Å²) in [5, 5.41) is 32.2. The van der Waals surface area contributed by atoms with E-state index in [0.29, 0.717) is 36.0 Å². The summed E-state index contributed by atoms with van der Waals surface area (Å²) >= 11 is 8.31. The molecule has 5 atom stereocenters. The van der Waals surface area contributed by atoms with Crippen molar-refractivity contribution in [2.24, 2.45) is 0 Å². The Balaban J connectivity index is 1.70. The summed E-state index contributed by atoms with van der Waals surface area (Å²) < 4.78 is 17.7. The molecule has 174 valence electrons. The number of hydrogen-bond donors (Lipinski definition) is 3. The van der Waals surface area contributed by atoms with Crippen molar-refractivity contribution >= 4 is 23.4 Å². The van der Waals surface area contributed by atoms with Gasteiger partial charge < -0.3 is 29.5 Å². The Bertz CT molecular complexity index is 908. The first kappa shape index (κ1) is 23.8. The fourth-order valence-corrected chi connectivity index (χ4v) is 4.73. The average molecular weight is 481 g/mol. The summed E-state index contributed by atoms with van der Waals surface area (Å²) in [5.74, 6) is 0.518. The SMILES string of the molecule is CSc1ccc(Cc2cc3c(cc2Cl)OCCCCOC[C@H]2O[C@@H]3[C@H](O)[C@@H](O)[C@@H]2O)cc1. The monoisotopic (exact) mass is 480 g/mol. The van der Waals surface area contributed by atoms with Gasteiger partial charge in [0, 0.05) is 22.1 Å². The molecule has 0 aliphatic carbocycles. The Morgan fingerprint density at radius 2 is 1.75 bits per heavy atom. The number of thioether (sulfide) groups is 1. The van der Waals surface area contributed by atoms with Crippen LogP contribution in [0.2, 0.25) is 5.02 Å². The molecular formula is C24H29ClO6S. The zero-order valence-corrected chi connectivity index (χ0v) is 19.5. The van der Waals surface area contributed by atoms with Gasteiger partial charge in [-0.1, -0.05) is 23.7 Å². The van der Waals surface area contributed by atoms with Gasteiger partial charge in [0.05, 0.1) is 13.2 Å². The summed E-state index contributed by atoms with van der Waals surface area (Å²) in [7, 11) is 0. The van der Waals surface area contributed by atoms with E-state index in [0.717, 1.165) is 24.0 Å². The maximum Gasteiger partial charge on any atom is 0.126 e. The Hall–Kier alpha value is -1.32. The molecule has 2 aliphatic heterocycles. The highest BCUT2D eigenvalue weighted by Gasteiger charge is 2.45.